The largest absolute Gasteiger partial charge is 0.393 e. The quantitative estimate of drug-likeness (QED) is 0.412. The Bertz CT molecular complexity index is 213. The molecule has 1 atom stereocenters. The number of aliphatic hydroxyl groups excluding tert-OH is 1. The minimum atomic E-state index is -1.61. The monoisotopic (exact) mass is 242 g/mol. The van der Waals surface area contributed by atoms with Crippen molar-refractivity contribution in [2.45, 2.75) is 77.2 Å². The van der Waals surface area contributed by atoms with Gasteiger partial charge in [-0.15, -0.1) is 0 Å². The second-order valence-corrected chi connectivity index (χ2v) is 11.9. The Morgan fingerprint density at radius 2 is 1.75 bits per heavy atom. The van der Waals surface area contributed by atoms with E-state index in [4.69, 9.17) is 0 Å². The van der Waals surface area contributed by atoms with E-state index < -0.39 is 8.07 Å². The number of allylic oxidation sites excluding steroid dienone is 1. The Morgan fingerprint density at radius 1 is 1.19 bits per heavy atom. The standard InChI is InChI=1S/C14H30OSi/c1-7-8-9-10-11-12-13(15)16(5,6)14(2,3)4/h11-13,15H,7-10H2,1-6H3/b12-11-/t13-/m1/s1. The average molecular weight is 242 g/mol. The van der Waals surface area contributed by atoms with Crippen molar-refractivity contribution < 1.29 is 5.11 Å². The van der Waals surface area contributed by atoms with Crippen LogP contribution in [0.4, 0.5) is 0 Å². The first-order valence-electron chi connectivity index (χ1n) is 6.58. The van der Waals surface area contributed by atoms with E-state index in [1.54, 1.807) is 0 Å². The molecule has 0 bridgehead atoms. The lowest BCUT2D eigenvalue weighted by Crippen LogP contribution is -2.48. The molecule has 0 saturated carbocycles. The maximum absolute atomic E-state index is 10.2. The molecule has 0 aromatic rings. The van der Waals surface area contributed by atoms with Crippen LogP contribution in [0, 0.1) is 0 Å². The lowest BCUT2D eigenvalue weighted by Gasteiger charge is -2.39. The van der Waals surface area contributed by atoms with Gasteiger partial charge < -0.3 is 5.11 Å². The molecule has 0 amide bonds. The molecule has 0 heterocycles. The Morgan fingerprint density at radius 3 is 2.19 bits per heavy atom. The van der Waals surface area contributed by atoms with Gasteiger partial charge in [-0.25, -0.2) is 0 Å². The van der Waals surface area contributed by atoms with E-state index in [1.807, 2.05) is 6.08 Å². The van der Waals surface area contributed by atoms with E-state index in [0.717, 1.165) is 6.42 Å². The number of aliphatic hydroxyl groups is 1. The molecule has 1 N–H and O–H groups in total. The molecule has 2 heteroatoms. The second-order valence-electron chi connectivity index (χ2n) is 6.34. The van der Waals surface area contributed by atoms with Crippen molar-refractivity contribution in [1.29, 1.82) is 0 Å². The van der Waals surface area contributed by atoms with Gasteiger partial charge in [0.15, 0.2) is 0 Å². The third-order valence-electron chi connectivity index (χ3n) is 3.97. The van der Waals surface area contributed by atoms with Crippen LogP contribution in [0.2, 0.25) is 18.1 Å². The van der Waals surface area contributed by atoms with E-state index in [2.05, 4.69) is 46.9 Å². The van der Waals surface area contributed by atoms with Crippen molar-refractivity contribution in [2.24, 2.45) is 0 Å². The highest BCUT2D eigenvalue weighted by Gasteiger charge is 2.40. The van der Waals surface area contributed by atoms with E-state index in [-0.39, 0.29) is 10.8 Å². The first kappa shape index (κ1) is 15.9. The highest BCUT2D eigenvalue weighted by Crippen LogP contribution is 2.38. The van der Waals surface area contributed by atoms with Crippen molar-refractivity contribution in [3.8, 4) is 0 Å². The van der Waals surface area contributed by atoms with Crippen molar-refractivity contribution >= 4 is 8.07 Å². The van der Waals surface area contributed by atoms with E-state index in [9.17, 15) is 5.11 Å². The Labute approximate surface area is 103 Å². The van der Waals surface area contributed by atoms with Gasteiger partial charge in [-0.2, -0.15) is 0 Å². The fraction of sp³-hybridized carbons (Fsp3) is 0.857. The highest BCUT2D eigenvalue weighted by atomic mass is 28.3. The molecule has 0 radical (unpaired) electrons. The average Bonchev–Trinajstić information content (AvgIpc) is 2.15. The SMILES string of the molecule is CCCCC/C=C\[C@H](O)[Si](C)(C)C(C)(C)C. The maximum Gasteiger partial charge on any atom is 0.0914 e. The third kappa shape index (κ3) is 4.83. The van der Waals surface area contributed by atoms with Crippen molar-refractivity contribution in [3.63, 3.8) is 0 Å². The van der Waals surface area contributed by atoms with E-state index in [1.165, 1.54) is 19.3 Å². The van der Waals surface area contributed by atoms with Crippen LogP contribution in [0.1, 0.15) is 53.4 Å². The van der Waals surface area contributed by atoms with E-state index in [0.29, 0.717) is 0 Å². The Kier molecular flexibility index (Phi) is 6.57. The zero-order chi connectivity index (χ0) is 12.8. The summed E-state index contributed by atoms with van der Waals surface area (Å²) in [5.41, 5.74) is -0.214. The van der Waals surface area contributed by atoms with Crippen molar-refractivity contribution in [1.82, 2.24) is 0 Å². The van der Waals surface area contributed by atoms with Crippen LogP contribution in [0.5, 0.6) is 0 Å². The minimum Gasteiger partial charge on any atom is -0.393 e. The fourth-order valence-corrected chi connectivity index (χ4v) is 2.93. The van der Waals surface area contributed by atoms with Gasteiger partial charge in [0, 0.05) is 0 Å². The molecule has 0 unspecified atom stereocenters. The summed E-state index contributed by atoms with van der Waals surface area (Å²) in [5.74, 6) is 0. The molecule has 0 rings (SSSR count). The molecule has 0 aromatic carbocycles. The van der Waals surface area contributed by atoms with Crippen LogP contribution in [0.3, 0.4) is 0 Å². The molecule has 16 heavy (non-hydrogen) atoms. The lowest BCUT2D eigenvalue weighted by atomic mass is 10.2. The summed E-state index contributed by atoms with van der Waals surface area (Å²) in [6, 6.07) is 0. The van der Waals surface area contributed by atoms with Crippen LogP contribution in [-0.2, 0) is 0 Å². The first-order valence-corrected chi connectivity index (χ1v) is 9.66. The number of rotatable bonds is 6. The molecule has 0 aliphatic rings. The normalized spacial score (nSPS) is 15.7. The summed E-state index contributed by atoms with van der Waals surface area (Å²) in [6.07, 6.45) is 9.11. The summed E-state index contributed by atoms with van der Waals surface area (Å²) in [6.45, 7) is 13.5. The zero-order valence-electron chi connectivity index (χ0n) is 12.0. The minimum absolute atomic E-state index is 0.214. The molecule has 0 aromatic heterocycles. The topological polar surface area (TPSA) is 20.2 Å². The molecule has 0 fully saturated rings. The number of hydrogen-bond donors (Lipinski definition) is 1. The smallest absolute Gasteiger partial charge is 0.0914 e. The molecule has 0 aliphatic heterocycles. The predicted octanol–water partition coefficient (Wildman–Crippen LogP) is 4.53. The molecular formula is C14H30OSi. The summed E-state index contributed by atoms with van der Waals surface area (Å²) < 4.78 is 0. The molecule has 1 nitrogen and oxygen atoms in total. The molecular weight excluding hydrogens is 212 g/mol. The molecule has 0 aliphatic carbocycles. The molecule has 0 spiro atoms. The van der Waals surface area contributed by atoms with Gasteiger partial charge in [0.1, 0.15) is 0 Å². The fourth-order valence-electron chi connectivity index (χ4n) is 1.42. The van der Waals surface area contributed by atoms with Crippen LogP contribution in [-0.4, -0.2) is 18.9 Å². The highest BCUT2D eigenvalue weighted by molar-refractivity contribution is 6.81. The van der Waals surface area contributed by atoms with Gasteiger partial charge in [0.2, 0.25) is 0 Å². The zero-order valence-corrected chi connectivity index (χ0v) is 13.0. The third-order valence-corrected chi connectivity index (χ3v) is 9.50. The van der Waals surface area contributed by atoms with Crippen LogP contribution in [0.15, 0.2) is 12.2 Å². The van der Waals surface area contributed by atoms with Crippen LogP contribution < -0.4 is 0 Å². The maximum atomic E-state index is 10.2. The van der Waals surface area contributed by atoms with Crippen molar-refractivity contribution in [2.75, 3.05) is 0 Å². The van der Waals surface area contributed by atoms with E-state index >= 15 is 0 Å². The van der Waals surface area contributed by atoms with Gasteiger partial charge in [-0.05, 0) is 17.9 Å². The lowest BCUT2D eigenvalue weighted by molar-refractivity contribution is 0.283. The molecule has 0 saturated heterocycles. The molecule has 96 valence electrons. The Balaban J connectivity index is 4.19. The van der Waals surface area contributed by atoms with Gasteiger partial charge in [-0.3, -0.25) is 0 Å². The van der Waals surface area contributed by atoms with Gasteiger partial charge in [0.25, 0.3) is 0 Å². The summed E-state index contributed by atoms with van der Waals surface area (Å²) in [5, 5.41) is 10.5. The van der Waals surface area contributed by atoms with Gasteiger partial charge in [-0.1, -0.05) is 65.8 Å². The first-order chi connectivity index (χ1) is 7.23. The van der Waals surface area contributed by atoms with Crippen LogP contribution in [0.25, 0.3) is 0 Å². The predicted molar refractivity (Wildman–Crippen MR) is 76.5 cm³/mol. The van der Waals surface area contributed by atoms with Crippen molar-refractivity contribution in [3.05, 3.63) is 12.2 Å². The summed E-state index contributed by atoms with van der Waals surface area (Å²) in [4.78, 5) is 0. The summed E-state index contributed by atoms with van der Waals surface area (Å²) >= 11 is 0. The Hall–Kier alpha value is -0.0831. The summed E-state index contributed by atoms with van der Waals surface area (Å²) in [7, 11) is -1.61. The number of unbranched alkanes of at least 4 members (excludes halogenated alkanes) is 3. The van der Waals surface area contributed by atoms with Crippen LogP contribution >= 0.6 is 0 Å². The van der Waals surface area contributed by atoms with Gasteiger partial charge >= 0.3 is 0 Å². The number of hydrogen-bond acceptors (Lipinski definition) is 1. The second kappa shape index (κ2) is 6.60. The van der Waals surface area contributed by atoms with Gasteiger partial charge in [0.05, 0.1) is 13.8 Å².